The summed E-state index contributed by atoms with van der Waals surface area (Å²) in [5.41, 5.74) is 10.4. The fourth-order valence-electron chi connectivity index (χ4n) is 8.07. The molecule has 0 unspecified atom stereocenters. The highest BCUT2D eigenvalue weighted by molar-refractivity contribution is 6.19. The van der Waals surface area contributed by atoms with Gasteiger partial charge in [0.05, 0.1) is 22.1 Å². The van der Waals surface area contributed by atoms with Crippen molar-refractivity contribution >= 4 is 87.8 Å². The third-order valence-electron chi connectivity index (χ3n) is 10.4. The number of benzene rings is 7. The smallest absolute Gasteiger partial charge is 0.231 e. The predicted octanol–water partition coefficient (Wildman–Crippen LogP) is 12.6. The van der Waals surface area contributed by atoms with E-state index in [9.17, 15) is 0 Å². The van der Waals surface area contributed by atoms with Crippen molar-refractivity contribution in [3.63, 3.8) is 0 Å². The molecule has 0 fully saturated rings. The van der Waals surface area contributed by atoms with Crippen LogP contribution >= 0.6 is 0 Å². The molecule has 6 heteroatoms. The van der Waals surface area contributed by atoms with Gasteiger partial charge < -0.3 is 17.8 Å². The van der Waals surface area contributed by atoms with Gasteiger partial charge in [-0.2, -0.15) is 4.98 Å². The normalized spacial score (nSPS) is 12.2. The van der Waals surface area contributed by atoms with Crippen molar-refractivity contribution in [1.82, 2.24) is 14.5 Å². The van der Waals surface area contributed by atoms with Gasteiger partial charge in [0.1, 0.15) is 27.9 Å². The first kappa shape index (κ1) is 27.6. The van der Waals surface area contributed by atoms with E-state index in [1.807, 2.05) is 48.5 Å². The van der Waals surface area contributed by atoms with Gasteiger partial charge in [-0.05, 0) is 60.7 Å². The Balaban J connectivity index is 1.16. The van der Waals surface area contributed by atoms with Gasteiger partial charge in [-0.25, -0.2) is 4.98 Å². The van der Waals surface area contributed by atoms with Crippen molar-refractivity contribution in [2.75, 3.05) is 0 Å². The monoisotopic (exact) mass is 667 g/mol. The maximum atomic E-state index is 6.73. The van der Waals surface area contributed by atoms with Gasteiger partial charge >= 0.3 is 0 Å². The van der Waals surface area contributed by atoms with E-state index in [0.717, 1.165) is 99.2 Å². The second-order valence-corrected chi connectivity index (χ2v) is 13.3. The molecular formula is C46H25N3O3. The maximum absolute atomic E-state index is 6.73. The van der Waals surface area contributed by atoms with Crippen LogP contribution in [0.4, 0.5) is 0 Å². The van der Waals surface area contributed by atoms with Crippen molar-refractivity contribution in [1.29, 1.82) is 0 Å². The minimum absolute atomic E-state index is 0.521. The average Bonchev–Trinajstić information content (AvgIpc) is 3.94. The molecule has 0 amide bonds. The Morgan fingerprint density at radius 1 is 0.385 bits per heavy atom. The summed E-state index contributed by atoms with van der Waals surface area (Å²) in [5.74, 6) is 0.553. The van der Waals surface area contributed by atoms with Crippen LogP contribution in [0.2, 0.25) is 0 Å². The number of rotatable bonds is 3. The first-order valence-corrected chi connectivity index (χ1v) is 17.3. The molecule has 5 aromatic heterocycles. The highest BCUT2D eigenvalue weighted by atomic mass is 16.3. The Kier molecular flexibility index (Phi) is 5.41. The molecule has 0 N–H and O–H groups in total. The first-order valence-electron chi connectivity index (χ1n) is 17.3. The Hall–Kier alpha value is -7.18. The van der Waals surface area contributed by atoms with Crippen LogP contribution in [0.15, 0.2) is 165 Å². The standard InChI is InChI=1S/C46H25N3O3/c1-2-10-28(11-3-1)49-36-15-7-4-12-29(36)34-24-35-42(25-37(34)49)52-46-43(35)44(26-18-20-32-30-13-5-8-16-38(30)50-40(32)22-26)47-45(48-46)27-19-21-33-31-14-6-9-17-39(31)51-41(33)23-27/h1-25H. The molecule has 6 nitrogen and oxygen atoms in total. The van der Waals surface area contributed by atoms with E-state index in [4.69, 9.17) is 23.2 Å². The zero-order chi connectivity index (χ0) is 33.9. The molecule has 0 saturated heterocycles. The van der Waals surface area contributed by atoms with Crippen molar-refractivity contribution in [2.45, 2.75) is 0 Å². The molecule has 242 valence electrons. The fourth-order valence-corrected chi connectivity index (χ4v) is 8.07. The number of furan rings is 3. The van der Waals surface area contributed by atoms with E-state index < -0.39 is 0 Å². The van der Waals surface area contributed by atoms with E-state index in [2.05, 4.69) is 108 Å². The van der Waals surface area contributed by atoms with Crippen LogP contribution in [-0.2, 0) is 0 Å². The summed E-state index contributed by atoms with van der Waals surface area (Å²) in [6, 6.07) is 52.1. The summed E-state index contributed by atoms with van der Waals surface area (Å²) in [6.45, 7) is 0. The maximum Gasteiger partial charge on any atom is 0.231 e. The molecule has 0 saturated carbocycles. The molecule has 52 heavy (non-hydrogen) atoms. The van der Waals surface area contributed by atoms with E-state index in [0.29, 0.717) is 11.5 Å². The molecule has 0 aliphatic heterocycles. The van der Waals surface area contributed by atoms with Crippen LogP contribution < -0.4 is 0 Å². The van der Waals surface area contributed by atoms with Crippen LogP contribution in [0.25, 0.3) is 116 Å². The fraction of sp³-hybridized carbons (Fsp3) is 0. The van der Waals surface area contributed by atoms with E-state index in [1.165, 1.54) is 5.39 Å². The van der Waals surface area contributed by atoms with E-state index in [1.54, 1.807) is 0 Å². The first-order chi connectivity index (χ1) is 25.7. The third-order valence-corrected chi connectivity index (χ3v) is 10.4. The number of hydrogen-bond acceptors (Lipinski definition) is 5. The van der Waals surface area contributed by atoms with Crippen molar-refractivity contribution in [3.8, 4) is 28.3 Å². The number of aromatic nitrogens is 3. The number of para-hydroxylation sites is 4. The molecule has 0 atom stereocenters. The summed E-state index contributed by atoms with van der Waals surface area (Å²) in [5, 5.41) is 8.40. The van der Waals surface area contributed by atoms with Crippen LogP contribution in [0.3, 0.4) is 0 Å². The lowest BCUT2D eigenvalue weighted by molar-refractivity contribution is 0.653. The minimum atomic E-state index is 0.521. The van der Waals surface area contributed by atoms with Crippen molar-refractivity contribution < 1.29 is 13.3 Å². The van der Waals surface area contributed by atoms with Crippen LogP contribution in [0.5, 0.6) is 0 Å². The van der Waals surface area contributed by atoms with Crippen LogP contribution in [-0.4, -0.2) is 14.5 Å². The third kappa shape index (κ3) is 3.83. The summed E-state index contributed by atoms with van der Waals surface area (Å²) in [6.07, 6.45) is 0. The number of hydrogen-bond donors (Lipinski definition) is 0. The molecule has 12 rings (SSSR count). The molecular weight excluding hydrogens is 643 g/mol. The lowest BCUT2D eigenvalue weighted by Gasteiger charge is -2.08. The largest absolute Gasteiger partial charge is 0.456 e. The molecule has 7 aromatic carbocycles. The Bertz CT molecular complexity index is 3420. The van der Waals surface area contributed by atoms with E-state index >= 15 is 0 Å². The highest BCUT2D eigenvalue weighted by Gasteiger charge is 2.22. The molecule has 0 bridgehead atoms. The van der Waals surface area contributed by atoms with Gasteiger partial charge in [0.15, 0.2) is 5.82 Å². The van der Waals surface area contributed by atoms with Gasteiger partial charge in [-0.3, -0.25) is 0 Å². The number of fused-ring (bicyclic) bond motifs is 12. The molecule has 0 aliphatic rings. The lowest BCUT2D eigenvalue weighted by atomic mass is 10.0. The zero-order valence-electron chi connectivity index (χ0n) is 27.5. The minimum Gasteiger partial charge on any atom is -0.456 e. The van der Waals surface area contributed by atoms with E-state index in [-0.39, 0.29) is 0 Å². The Morgan fingerprint density at radius 2 is 0.981 bits per heavy atom. The second kappa shape index (κ2) is 10.2. The predicted molar refractivity (Wildman–Crippen MR) is 209 cm³/mol. The van der Waals surface area contributed by atoms with Gasteiger partial charge in [0.2, 0.25) is 5.71 Å². The molecule has 0 spiro atoms. The molecule has 0 aliphatic carbocycles. The summed E-state index contributed by atoms with van der Waals surface area (Å²) < 4.78 is 21.7. The lowest BCUT2D eigenvalue weighted by Crippen LogP contribution is -1.94. The second-order valence-electron chi connectivity index (χ2n) is 13.3. The molecule has 5 heterocycles. The summed E-state index contributed by atoms with van der Waals surface area (Å²) in [7, 11) is 0. The Labute approximate surface area is 294 Å². The van der Waals surface area contributed by atoms with Crippen molar-refractivity contribution in [3.05, 3.63) is 152 Å². The van der Waals surface area contributed by atoms with Crippen LogP contribution in [0.1, 0.15) is 0 Å². The number of nitrogens with zero attached hydrogens (tertiary/aromatic N) is 3. The topological polar surface area (TPSA) is 70.1 Å². The van der Waals surface area contributed by atoms with Gasteiger partial charge in [-0.15, -0.1) is 0 Å². The molecule has 12 aromatic rings. The quantitative estimate of drug-likeness (QED) is 0.188. The summed E-state index contributed by atoms with van der Waals surface area (Å²) in [4.78, 5) is 10.4. The zero-order valence-corrected chi connectivity index (χ0v) is 27.5. The Morgan fingerprint density at radius 3 is 1.73 bits per heavy atom. The van der Waals surface area contributed by atoms with Gasteiger partial charge in [-0.1, -0.05) is 84.9 Å². The van der Waals surface area contributed by atoms with Gasteiger partial charge in [0, 0.05) is 60.6 Å². The highest BCUT2D eigenvalue weighted by Crippen LogP contribution is 2.42. The average molecular weight is 668 g/mol. The van der Waals surface area contributed by atoms with Crippen molar-refractivity contribution in [2.24, 2.45) is 0 Å². The molecule has 0 radical (unpaired) electrons. The van der Waals surface area contributed by atoms with Crippen LogP contribution in [0, 0.1) is 0 Å². The summed E-state index contributed by atoms with van der Waals surface area (Å²) >= 11 is 0. The SMILES string of the molecule is c1ccc(-n2c3ccccc3c3cc4c(cc32)oc2nc(-c3ccc5c(c3)oc3ccccc35)nc(-c3ccc5c(c3)oc3ccccc35)c24)cc1. The van der Waals surface area contributed by atoms with Gasteiger partial charge in [0.25, 0.3) is 0 Å².